The van der Waals surface area contributed by atoms with E-state index in [0.29, 0.717) is 19.8 Å². The van der Waals surface area contributed by atoms with Crippen molar-refractivity contribution in [1.82, 2.24) is 29.2 Å². The van der Waals surface area contributed by atoms with Crippen LogP contribution in [0.25, 0.3) is 11.3 Å². The molecule has 0 spiro atoms. The molecule has 4 aromatic heterocycles. The lowest BCUT2D eigenvalue weighted by Crippen LogP contribution is -2.21. The second-order valence-corrected chi connectivity index (χ2v) is 11.5. The van der Waals surface area contributed by atoms with E-state index in [0.717, 1.165) is 6.07 Å². The largest absolute Gasteiger partial charge is 0.436 e. The summed E-state index contributed by atoms with van der Waals surface area (Å²) in [5.74, 6) is 0.629. The summed E-state index contributed by atoms with van der Waals surface area (Å²) < 4.78 is 123. The fourth-order valence-electron chi connectivity index (χ4n) is 2.89. The van der Waals surface area contributed by atoms with E-state index >= 15 is 0 Å². The Balaban J connectivity index is 0.000000212. The van der Waals surface area contributed by atoms with Crippen LogP contribution in [-0.4, -0.2) is 51.8 Å². The van der Waals surface area contributed by atoms with E-state index in [-0.39, 0.29) is 16.4 Å². The van der Waals surface area contributed by atoms with Crippen molar-refractivity contribution in [3.8, 4) is 0 Å². The van der Waals surface area contributed by atoms with E-state index < -0.39 is 53.8 Å². The lowest BCUT2D eigenvalue weighted by molar-refractivity contribution is -0.144. The molecule has 0 saturated carbocycles. The van der Waals surface area contributed by atoms with Crippen LogP contribution in [0.5, 0.6) is 0 Å². The third kappa shape index (κ3) is 6.29. The fourth-order valence-corrected chi connectivity index (χ4v) is 5.24. The molecule has 0 atom stereocenters. The van der Waals surface area contributed by atoms with E-state index in [4.69, 9.17) is 21.9 Å². The molecule has 0 saturated heterocycles. The van der Waals surface area contributed by atoms with Crippen molar-refractivity contribution in [3.63, 3.8) is 0 Å². The monoisotopic (exact) mass is 626 g/mol. The van der Waals surface area contributed by atoms with Gasteiger partial charge >= 0.3 is 12.4 Å². The molecule has 0 fully saturated rings. The average Bonchev–Trinajstić information content (AvgIpc) is 3.32. The Kier molecular flexibility index (Phi) is 7.94. The van der Waals surface area contributed by atoms with Crippen molar-refractivity contribution in [1.29, 1.82) is 0 Å². The lowest BCUT2D eigenvalue weighted by Gasteiger charge is -2.05. The molecule has 4 N–H and O–H groups in total. The van der Waals surface area contributed by atoms with Crippen LogP contribution < -0.4 is 10.3 Å². The SMILES string of the molecule is CCSc1ccc2nc(C(F)(F)F)c(S(N)(=O)=O)n2n1.NS(=O)(=O)c1c(C(F)(F)F)nc2ccc(Cl)nn12. The van der Waals surface area contributed by atoms with Gasteiger partial charge in [0.15, 0.2) is 22.7 Å². The number of primary sulfonamides is 2. The molecule has 208 valence electrons. The first-order valence-corrected chi connectivity index (χ1v) is 14.0. The Bertz CT molecular complexity index is 1740. The van der Waals surface area contributed by atoms with Crippen LogP contribution in [0, 0.1) is 0 Å². The van der Waals surface area contributed by atoms with Crippen LogP contribution in [0.4, 0.5) is 26.3 Å². The van der Waals surface area contributed by atoms with E-state index in [1.807, 2.05) is 6.92 Å². The van der Waals surface area contributed by atoms with Crippen LogP contribution in [0.3, 0.4) is 0 Å². The topological polar surface area (TPSA) is 181 Å². The van der Waals surface area contributed by atoms with Gasteiger partial charge in [-0.25, -0.2) is 37.1 Å². The number of alkyl halides is 6. The number of hydrogen-bond donors (Lipinski definition) is 2. The maximum atomic E-state index is 12.8. The van der Waals surface area contributed by atoms with E-state index in [9.17, 15) is 43.2 Å². The van der Waals surface area contributed by atoms with Gasteiger partial charge in [0.2, 0.25) is 10.1 Å². The van der Waals surface area contributed by atoms with Gasteiger partial charge in [-0.2, -0.15) is 45.6 Å². The van der Waals surface area contributed by atoms with E-state index in [1.54, 1.807) is 0 Å². The van der Waals surface area contributed by atoms with Gasteiger partial charge in [0.25, 0.3) is 20.0 Å². The molecule has 38 heavy (non-hydrogen) atoms. The van der Waals surface area contributed by atoms with Crippen molar-refractivity contribution in [3.05, 3.63) is 40.8 Å². The van der Waals surface area contributed by atoms with Gasteiger partial charge in [0.1, 0.15) is 10.2 Å². The molecular formula is C16H13ClF6N8O4S3. The molecule has 0 radical (unpaired) electrons. The summed E-state index contributed by atoms with van der Waals surface area (Å²) in [4.78, 5) is 6.41. The number of fused-ring (bicyclic) bond motifs is 2. The number of aromatic nitrogens is 6. The van der Waals surface area contributed by atoms with Crippen molar-refractivity contribution in [2.24, 2.45) is 10.3 Å². The van der Waals surface area contributed by atoms with E-state index in [2.05, 4.69) is 20.2 Å². The van der Waals surface area contributed by atoms with Gasteiger partial charge in [-0.3, -0.25) is 0 Å². The molecular weight excluding hydrogens is 614 g/mol. The molecule has 4 aromatic rings. The minimum absolute atomic E-state index is 0.196. The first kappa shape index (κ1) is 29.8. The number of nitrogens with zero attached hydrogens (tertiary/aromatic N) is 6. The molecule has 0 amide bonds. The number of hydrogen-bond acceptors (Lipinski definition) is 9. The minimum Gasteiger partial charge on any atom is -0.223 e. The molecule has 0 bridgehead atoms. The van der Waals surface area contributed by atoms with Crippen LogP contribution >= 0.6 is 23.4 Å². The standard InChI is InChI=1S/C9H9F3N4O2S2.C7H4ClF3N4O2S/c1-2-19-6-4-3-5-14-7(9(10,11)12)8(16(5)15-6)20(13,17)18;8-3-1-2-4-13-5(7(9,10)11)6(15(4)14-3)18(12,16)17/h3-4H,2H2,1H3,(H2,13,17,18);1-2H,(H2,12,16,17). The van der Waals surface area contributed by atoms with Crippen LogP contribution in [0.15, 0.2) is 39.3 Å². The zero-order valence-corrected chi connectivity index (χ0v) is 21.6. The van der Waals surface area contributed by atoms with Gasteiger partial charge in [-0.05, 0) is 30.0 Å². The Hall–Kier alpha value is -2.72. The summed E-state index contributed by atoms with van der Waals surface area (Å²) in [6.45, 7) is 1.83. The molecule has 0 aliphatic carbocycles. The van der Waals surface area contributed by atoms with Gasteiger partial charge < -0.3 is 0 Å². The lowest BCUT2D eigenvalue weighted by atomic mass is 10.5. The predicted octanol–water partition coefficient (Wildman–Crippen LogP) is 2.56. The van der Waals surface area contributed by atoms with Gasteiger partial charge in [-0.15, -0.1) is 11.8 Å². The van der Waals surface area contributed by atoms with Crippen LogP contribution in [0.2, 0.25) is 5.15 Å². The molecule has 0 aliphatic heterocycles. The molecule has 4 heterocycles. The molecule has 12 nitrogen and oxygen atoms in total. The maximum Gasteiger partial charge on any atom is 0.436 e. The number of nitrogens with two attached hydrogens (primary N) is 2. The summed E-state index contributed by atoms with van der Waals surface area (Å²) in [5, 5.41) is 14.6. The quantitative estimate of drug-likeness (QED) is 0.254. The van der Waals surface area contributed by atoms with Crippen LogP contribution in [-0.2, 0) is 32.4 Å². The highest BCUT2D eigenvalue weighted by atomic mass is 35.5. The number of halogens is 7. The number of rotatable bonds is 4. The molecule has 0 unspecified atom stereocenters. The Labute approximate surface area is 218 Å². The third-order valence-corrected chi connectivity index (χ3v) is 7.00. The minimum atomic E-state index is -4.97. The summed E-state index contributed by atoms with van der Waals surface area (Å²) in [6, 6.07) is 4.99. The smallest absolute Gasteiger partial charge is 0.223 e. The number of sulfonamides is 2. The number of thioether (sulfide) groups is 1. The first-order chi connectivity index (χ1) is 17.2. The first-order valence-electron chi connectivity index (χ1n) is 9.53. The van der Waals surface area contributed by atoms with Crippen LogP contribution in [0.1, 0.15) is 18.3 Å². The molecule has 4 rings (SSSR count). The van der Waals surface area contributed by atoms with Gasteiger partial charge in [0, 0.05) is 0 Å². The van der Waals surface area contributed by atoms with Gasteiger partial charge in [-0.1, -0.05) is 18.5 Å². The summed E-state index contributed by atoms with van der Waals surface area (Å²) >= 11 is 6.74. The predicted molar refractivity (Wildman–Crippen MR) is 120 cm³/mol. The van der Waals surface area contributed by atoms with Crippen molar-refractivity contribution < 1.29 is 43.2 Å². The van der Waals surface area contributed by atoms with Crippen molar-refractivity contribution in [2.45, 2.75) is 34.4 Å². The number of imidazole rings is 2. The second-order valence-electron chi connectivity index (χ2n) is 6.92. The van der Waals surface area contributed by atoms with E-state index in [1.165, 1.54) is 30.0 Å². The maximum absolute atomic E-state index is 12.8. The average molecular weight is 627 g/mol. The highest BCUT2D eigenvalue weighted by Gasteiger charge is 2.43. The Morgan fingerprint density at radius 2 is 1.24 bits per heavy atom. The van der Waals surface area contributed by atoms with Gasteiger partial charge in [0.05, 0.1) is 0 Å². The molecule has 22 heteroatoms. The van der Waals surface area contributed by atoms with Crippen molar-refractivity contribution >= 4 is 54.7 Å². The summed E-state index contributed by atoms with van der Waals surface area (Å²) in [7, 11) is -9.28. The fraction of sp³-hybridized carbons (Fsp3) is 0.250. The summed E-state index contributed by atoms with van der Waals surface area (Å²) in [6.07, 6.45) is -9.91. The Morgan fingerprint density at radius 1 is 0.816 bits per heavy atom. The normalized spacial score (nSPS) is 13.1. The molecule has 0 aromatic carbocycles. The Morgan fingerprint density at radius 3 is 1.63 bits per heavy atom. The molecule has 0 aliphatic rings. The van der Waals surface area contributed by atoms with Crippen molar-refractivity contribution in [2.75, 3.05) is 5.75 Å². The zero-order valence-electron chi connectivity index (χ0n) is 18.4. The highest BCUT2D eigenvalue weighted by molar-refractivity contribution is 7.99. The third-order valence-electron chi connectivity index (χ3n) is 4.18. The highest BCUT2D eigenvalue weighted by Crippen LogP contribution is 2.34. The zero-order chi connectivity index (χ0) is 28.8. The second kappa shape index (κ2) is 10.1. The summed E-state index contributed by atoms with van der Waals surface area (Å²) in [5.41, 5.74) is -3.75.